The van der Waals surface area contributed by atoms with Crippen LogP contribution in [0.15, 0.2) is 67.0 Å². The molecule has 0 unspecified atom stereocenters. The van der Waals surface area contributed by atoms with E-state index in [9.17, 15) is 13.6 Å². The lowest BCUT2D eigenvalue weighted by molar-refractivity contribution is 0.103. The van der Waals surface area contributed by atoms with Gasteiger partial charge < -0.3 is 4.74 Å². The van der Waals surface area contributed by atoms with E-state index in [2.05, 4.69) is 9.97 Å². The third-order valence-electron chi connectivity index (χ3n) is 4.61. The average Bonchev–Trinajstić information content (AvgIpc) is 2.73. The van der Waals surface area contributed by atoms with Crippen LogP contribution in [0.25, 0.3) is 11.0 Å². The van der Waals surface area contributed by atoms with E-state index < -0.39 is 11.6 Å². The summed E-state index contributed by atoms with van der Waals surface area (Å²) in [7, 11) is 0. The third kappa shape index (κ3) is 3.82. The lowest BCUT2D eigenvalue weighted by atomic mass is 9.97. The monoisotopic (exact) mass is 390 g/mol. The van der Waals surface area contributed by atoms with Crippen molar-refractivity contribution < 1.29 is 18.3 Å². The maximum atomic E-state index is 14.5. The molecular weight excluding hydrogens is 374 g/mol. The molecule has 3 aromatic carbocycles. The molecule has 0 radical (unpaired) electrons. The molecule has 0 saturated heterocycles. The first-order chi connectivity index (χ1) is 14.0. The Morgan fingerprint density at radius 1 is 0.966 bits per heavy atom. The van der Waals surface area contributed by atoms with E-state index in [1.54, 1.807) is 43.5 Å². The summed E-state index contributed by atoms with van der Waals surface area (Å²) in [6.07, 6.45) is 3.09. The van der Waals surface area contributed by atoms with Gasteiger partial charge in [0.1, 0.15) is 24.0 Å². The largest absolute Gasteiger partial charge is 0.489 e. The van der Waals surface area contributed by atoms with E-state index in [-0.39, 0.29) is 18.0 Å². The van der Waals surface area contributed by atoms with Crippen LogP contribution in [0.1, 0.15) is 27.0 Å². The average molecular weight is 390 g/mol. The molecule has 0 saturated carbocycles. The summed E-state index contributed by atoms with van der Waals surface area (Å²) in [4.78, 5) is 21.4. The highest BCUT2D eigenvalue weighted by Gasteiger charge is 2.20. The van der Waals surface area contributed by atoms with Crippen LogP contribution in [-0.4, -0.2) is 15.8 Å². The van der Waals surface area contributed by atoms with Crippen molar-refractivity contribution in [1.29, 1.82) is 0 Å². The van der Waals surface area contributed by atoms with Gasteiger partial charge in [0, 0.05) is 23.5 Å². The number of ketones is 1. The van der Waals surface area contributed by atoms with Crippen LogP contribution in [0.4, 0.5) is 8.78 Å². The third-order valence-corrected chi connectivity index (χ3v) is 4.61. The quantitative estimate of drug-likeness (QED) is 0.449. The highest BCUT2D eigenvalue weighted by molar-refractivity contribution is 6.11. The fraction of sp³-hybridized carbons (Fsp3) is 0.0870. The Labute approximate surface area is 165 Å². The van der Waals surface area contributed by atoms with Gasteiger partial charge in [0.15, 0.2) is 5.78 Å². The van der Waals surface area contributed by atoms with E-state index in [1.807, 2.05) is 0 Å². The van der Waals surface area contributed by atoms with Gasteiger partial charge in [0.2, 0.25) is 0 Å². The lowest BCUT2D eigenvalue weighted by Crippen LogP contribution is -2.09. The molecular formula is C23H16F2N2O2. The van der Waals surface area contributed by atoms with Gasteiger partial charge >= 0.3 is 0 Å². The fourth-order valence-corrected chi connectivity index (χ4v) is 3.13. The number of benzene rings is 3. The van der Waals surface area contributed by atoms with Crippen molar-refractivity contribution in [3.63, 3.8) is 0 Å². The van der Waals surface area contributed by atoms with Crippen LogP contribution in [0.5, 0.6) is 5.75 Å². The van der Waals surface area contributed by atoms with Crippen LogP contribution < -0.4 is 4.74 Å². The van der Waals surface area contributed by atoms with Gasteiger partial charge in [-0.1, -0.05) is 12.1 Å². The van der Waals surface area contributed by atoms with Crippen LogP contribution in [0.3, 0.4) is 0 Å². The Balaban J connectivity index is 1.65. The number of rotatable bonds is 5. The van der Waals surface area contributed by atoms with Crippen molar-refractivity contribution in [2.45, 2.75) is 13.5 Å². The predicted octanol–water partition coefficient (Wildman–Crippen LogP) is 5.03. The lowest BCUT2D eigenvalue weighted by Gasteiger charge is -2.13. The molecule has 0 aliphatic heterocycles. The standard InChI is InChI=1S/C23H16F2N2O2/c1-14-21(29-13-15-3-2-4-17(24)11-15)8-6-18(25)22(14)23(28)16-5-7-19-20(12-16)27-10-9-26-19/h2-12H,13H2,1H3. The SMILES string of the molecule is Cc1c(OCc2cccc(F)c2)ccc(F)c1C(=O)c1ccc2nccnc2c1. The number of nitrogens with zero attached hydrogens (tertiary/aromatic N) is 2. The molecule has 0 bridgehead atoms. The topological polar surface area (TPSA) is 52.1 Å². The number of hydrogen-bond acceptors (Lipinski definition) is 4. The molecule has 0 fully saturated rings. The van der Waals surface area contributed by atoms with E-state index >= 15 is 0 Å². The molecule has 144 valence electrons. The van der Waals surface area contributed by atoms with Gasteiger partial charge in [-0.15, -0.1) is 0 Å². The summed E-state index contributed by atoms with van der Waals surface area (Å²) >= 11 is 0. The molecule has 0 atom stereocenters. The second-order valence-electron chi connectivity index (χ2n) is 6.55. The second-order valence-corrected chi connectivity index (χ2v) is 6.55. The Hall–Kier alpha value is -3.67. The van der Waals surface area contributed by atoms with Crippen LogP contribution >= 0.6 is 0 Å². The molecule has 1 heterocycles. The highest BCUT2D eigenvalue weighted by Crippen LogP contribution is 2.28. The fourth-order valence-electron chi connectivity index (χ4n) is 3.13. The van der Waals surface area contributed by atoms with Gasteiger partial charge in [-0.25, -0.2) is 8.78 Å². The number of fused-ring (bicyclic) bond motifs is 1. The van der Waals surface area contributed by atoms with Crippen molar-refractivity contribution in [3.05, 3.63) is 101 Å². The number of carbonyl (C=O) groups excluding carboxylic acids is 1. The maximum Gasteiger partial charge on any atom is 0.196 e. The van der Waals surface area contributed by atoms with E-state index in [0.717, 1.165) is 0 Å². The minimum absolute atomic E-state index is 0.0648. The molecule has 0 aliphatic carbocycles. The van der Waals surface area contributed by atoms with Crippen molar-refractivity contribution >= 4 is 16.8 Å². The predicted molar refractivity (Wildman–Crippen MR) is 105 cm³/mol. The maximum absolute atomic E-state index is 14.5. The first-order valence-electron chi connectivity index (χ1n) is 8.95. The zero-order valence-corrected chi connectivity index (χ0v) is 15.5. The van der Waals surface area contributed by atoms with Crippen LogP contribution in [-0.2, 0) is 6.61 Å². The minimum atomic E-state index is -0.634. The van der Waals surface area contributed by atoms with Crippen molar-refractivity contribution in [2.24, 2.45) is 0 Å². The summed E-state index contributed by atoms with van der Waals surface area (Å²) in [5, 5.41) is 0. The number of hydrogen-bond donors (Lipinski definition) is 0. The van der Waals surface area contributed by atoms with Gasteiger partial charge in [0.25, 0.3) is 0 Å². The molecule has 4 rings (SSSR count). The summed E-state index contributed by atoms with van der Waals surface area (Å²) in [6, 6.07) is 13.5. The molecule has 0 amide bonds. The zero-order chi connectivity index (χ0) is 20.4. The molecule has 1 aromatic heterocycles. The molecule has 6 heteroatoms. The van der Waals surface area contributed by atoms with Gasteiger partial charge in [-0.3, -0.25) is 14.8 Å². The number of carbonyl (C=O) groups is 1. The number of ether oxygens (including phenoxy) is 1. The van der Waals surface area contributed by atoms with Crippen molar-refractivity contribution in [1.82, 2.24) is 9.97 Å². The second kappa shape index (κ2) is 7.75. The van der Waals surface area contributed by atoms with Gasteiger partial charge in [-0.2, -0.15) is 0 Å². The summed E-state index contributed by atoms with van der Waals surface area (Å²) < 4.78 is 33.6. The number of halogens is 2. The van der Waals surface area contributed by atoms with Gasteiger partial charge in [0.05, 0.1) is 16.6 Å². The summed E-state index contributed by atoms with van der Waals surface area (Å²) in [6.45, 7) is 1.72. The molecule has 0 aliphatic rings. The van der Waals surface area contributed by atoms with E-state index in [0.29, 0.717) is 33.5 Å². The summed E-state index contributed by atoms with van der Waals surface area (Å²) in [5.74, 6) is -1.11. The van der Waals surface area contributed by atoms with Crippen LogP contribution in [0, 0.1) is 18.6 Å². The normalized spacial score (nSPS) is 10.9. The van der Waals surface area contributed by atoms with Crippen molar-refractivity contribution in [3.8, 4) is 5.75 Å². The highest BCUT2D eigenvalue weighted by atomic mass is 19.1. The summed E-state index contributed by atoms with van der Waals surface area (Å²) in [5.41, 5.74) is 2.45. The molecule has 4 nitrogen and oxygen atoms in total. The first kappa shape index (κ1) is 18.7. The molecule has 4 aromatic rings. The molecule has 29 heavy (non-hydrogen) atoms. The molecule has 0 N–H and O–H groups in total. The zero-order valence-electron chi connectivity index (χ0n) is 15.5. The Kier molecular flexibility index (Phi) is 4.99. The van der Waals surface area contributed by atoms with Gasteiger partial charge in [-0.05, 0) is 55.0 Å². The Bertz CT molecular complexity index is 1220. The smallest absolute Gasteiger partial charge is 0.196 e. The van der Waals surface area contributed by atoms with Crippen LogP contribution in [0.2, 0.25) is 0 Å². The number of aromatic nitrogens is 2. The van der Waals surface area contributed by atoms with Crippen molar-refractivity contribution in [2.75, 3.05) is 0 Å². The van der Waals surface area contributed by atoms with E-state index in [1.165, 1.54) is 30.5 Å². The molecule has 0 spiro atoms. The Morgan fingerprint density at radius 2 is 1.76 bits per heavy atom. The Morgan fingerprint density at radius 3 is 2.55 bits per heavy atom. The first-order valence-corrected chi connectivity index (χ1v) is 8.95. The minimum Gasteiger partial charge on any atom is -0.489 e. The van der Waals surface area contributed by atoms with E-state index in [4.69, 9.17) is 4.74 Å².